The first kappa shape index (κ1) is 10.1. The Bertz CT molecular complexity index is 280. The van der Waals surface area contributed by atoms with Crippen LogP contribution in [0.2, 0.25) is 0 Å². The van der Waals surface area contributed by atoms with Gasteiger partial charge in [0.25, 0.3) is 0 Å². The molecule has 0 saturated heterocycles. The summed E-state index contributed by atoms with van der Waals surface area (Å²) in [6.45, 7) is 0. The maximum atomic E-state index is 4.35. The Morgan fingerprint density at radius 2 is 1.85 bits per heavy atom. The zero-order valence-electron chi connectivity index (χ0n) is 8.19. The average molecular weight is 194 g/mol. The standard InChI is InChI=1S/C10H14N2S/c1-12(2)10(11-13-3)9-7-5-4-6-8-9/h4-8H,1-3H3/b11-10+. The molecule has 70 valence electrons. The molecule has 1 aromatic rings. The molecule has 2 nitrogen and oxygen atoms in total. The summed E-state index contributed by atoms with van der Waals surface area (Å²) in [6.07, 6.45) is 1.96. The molecule has 0 fully saturated rings. The minimum absolute atomic E-state index is 1.01. The van der Waals surface area contributed by atoms with Crippen LogP contribution >= 0.6 is 11.9 Å². The molecule has 13 heavy (non-hydrogen) atoms. The van der Waals surface area contributed by atoms with Crippen molar-refractivity contribution in [2.24, 2.45) is 4.40 Å². The highest BCUT2D eigenvalue weighted by atomic mass is 32.2. The molecule has 0 aliphatic carbocycles. The molecular weight excluding hydrogens is 180 g/mol. The molecule has 0 aliphatic rings. The zero-order valence-corrected chi connectivity index (χ0v) is 9.01. The monoisotopic (exact) mass is 194 g/mol. The number of nitrogens with zero attached hydrogens (tertiary/aromatic N) is 2. The minimum Gasteiger partial charge on any atom is -0.362 e. The molecule has 0 atom stereocenters. The fraction of sp³-hybridized carbons (Fsp3) is 0.300. The van der Waals surface area contributed by atoms with Crippen molar-refractivity contribution in [3.05, 3.63) is 35.9 Å². The Balaban J connectivity index is 2.96. The van der Waals surface area contributed by atoms with Gasteiger partial charge in [-0.25, -0.2) is 0 Å². The van der Waals surface area contributed by atoms with E-state index < -0.39 is 0 Å². The maximum Gasteiger partial charge on any atom is 0.143 e. The number of hydrogen-bond acceptors (Lipinski definition) is 2. The summed E-state index contributed by atoms with van der Waals surface area (Å²) in [4.78, 5) is 2.02. The quantitative estimate of drug-likeness (QED) is 0.408. The van der Waals surface area contributed by atoms with E-state index in [1.165, 1.54) is 11.9 Å². The number of benzene rings is 1. The molecule has 0 radical (unpaired) electrons. The number of rotatable bonds is 2. The summed E-state index contributed by atoms with van der Waals surface area (Å²) in [5.41, 5.74) is 1.15. The molecule has 0 heterocycles. The van der Waals surface area contributed by atoms with Crippen LogP contribution < -0.4 is 0 Å². The fourth-order valence-corrected chi connectivity index (χ4v) is 1.51. The van der Waals surface area contributed by atoms with Crippen molar-refractivity contribution in [2.75, 3.05) is 20.4 Å². The molecule has 0 aliphatic heterocycles. The van der Waals surface area contributed by atoms with Gasteiger partial charge in [-0.15, -0.1) is 0 Å². The van der Waals surface area contributed by atoms with E-state index in [0.29, 0.717) is 0 Å². The molecule has 0 amide bonds. The van der Waals surface area contributed by atoms with Gasteiger partial charge in [-0.2, -0.15) is 4.40 Å². The van der Waals surface area contributed by atoms with Crippen LogP contribution in [0.25, 0.3) is 0 Å². The van der Waals surface area contributed by atoms with E-state index in [0.717, 1.165) is 11.4 Å². The Kier molecular flexibility index (Phi) is 3.83. The number of hydrogen-bond donors (Lipinski definition) is 0. The largest absolute Gasteiger partial charge is 0.362 e. The Labute approximate surface area is 83.8 Å². The summed E-state index contributed by atoms with van der Waals surface area (Å²) in [5.74, 6) is 1.01. The van der Waals surface area contributed by atoms with E-state index in [-0.39, 0.29) is 0 Å². The predicted octanol–water partition coefficient (Wildman–Crippen LogP) is 2.27. The lowest BCUT2D eigenvalue weighted by atomic mass is 10.2. The maximum absolute atomic E-state index is 4.35. The van der Waals surface area contributed by atoms with Gasteiger partial charge < -0.3 is 4.90 Å². The molecule has 0 bridgehead atoms. The van der Waals surface area contributed by atoms with Gasteiger partial charge >= 0.3 is 0 Å². The highest BCUT2D eigenvalue weighted by Crippen LogP contribution is 2.07. The molecule has 1 rings (SSSR count). The van der Waals surface area contributed by atoms with Gasteiger partial charge in [-0.1, -0.05) is 30.3 Å². The SMILES string of the molecule is CS/N=C(\c1ccccc1)N(C)C. The van der Waals surface area contributed by atoms with E-state index in [1.54, 1.807) is 0 Å². The molecule has 3 heteroatoms. The van der Waals surface area contributed by atoms with Gasteiger partial charge in [-0.3, -0.25) is 0 Å². The van der Waals surface area contributed by atoms with Gasteiger partial charge in [0.15, 0.2) is 0 Å². The van der Waals surface area contributed by atoms with Crippen LogP contribution in [-0.4, -0.2) is 31.1 Å². The lowest BCUT2D eigenvalue weighted by Gasteiger charge is -2.14. The summed E-state index contributed by atoms with van der Waals surface area (Å²) < 4.78 is 4.35. The predicted molar refractivity (Wildman–Crippen MR) is 60.2 cm³/mol. The van der Waals surface area contributed by atoms with Crippen LogP contribution in [0.4, 0.5) is 0 Å². The second-order valence-corrected chi connectivity index (χ2v) is 3.41. The second kappa shape index (κ2) is 4.92. The minimum atomic E-state index is 1.01. The van der Waals surface area contributed by atoms with Crippen LogP contribution in [0, 0.1) is 0 Å². The van der Waals surface area contributed by atoms with Gasteiger partial charge in [0.05, 0.1) is 0 Å². The third-order valence-corrected chi connectivity index (χ3v) is 1.99. The normalized spacial score (nSPS) is 11.5. The van der Waals surface area contributed by atoms with Crippen LogP contribution in [0.15, 0.2) is 34.7 Å². The Morgan fingerprint density at radius 1 is 1.23 bits per heavy atom. The van der Waals surface area contributed by atoms with Gasteiger partial charge in [-0.05, 0) is 11.9 Å². The summed E-state index contributed by atoms with van der Waals surface area (Å²) in [5, 5.41) is 0. The van der Waals surface area contributed by atoms with Crippen molar-refractivity contribution in [3.8, 4) is 0 Å². The molecule has 0 unspecified atom stereocenters. The van der Waals surface area contributed by atoms with Crippen molar-refractivity contribution in [3.63, 3.8) is 0 Å². The lowest BCUT2D eigenvalue weighted by molar-refractivity contribution is 0.626. The third kappa shape index (κ3) is 2.77. The Morgan fingerprint density at radius 3 is 2.31 bits per heavy atom. The van der Waals surface area contributed by atoms with Crippen LogP contribution in [0.5, 0.6) is 0 Å². The molecule has 1 aromatic carbocycles. The van der Waals surface area contributed by atoms with Crippen molar-refractivity contribution < 1.29 is 0 Å². The van der Waals surface area contributed by atoms with Gasteiger partial charge in [0.2, 0.25) is 0 Å². The molecule has 0 N–H and O–H groups in total. The molecule has 0 aromatic heterocycles. The van der Waals surface area contributed by atoms with E-state index in [1.807, 2.05) is 43.5 Å². The lowest BCUT2D eigenvalue weighted by Crippen LogP contribution is -2.22. The van der Waals surface area contributed by atoms with Crippen molar-refractivity contribution in [1.29, 1.82) is 0 Å². The molecular formula is C10H14N2S. The summed E-state index contributed by atoms with van der Waals surface area (Å²) >= 11 is 1.48. The van der Waals surface area contributed by atoms with Crippen molar-refractivity contribution in [1.82, 2.24) is 4.90 Å². The topological polar surface area (TPSA) is 15.6 Å². The second-order valence-electron chi connectivity index (χ2n) is 2.86. The summed E-state index contributed by atoms with van der Waals surface area (Å²) in [7, 11) is 4.00. The first-order chi connectivity index (χ1) is 6.25. The average Bonchev–Trinajstić information content (AvgIpc) is 2.15. The molecule has 0 spiro atoms. The van der Waals surface area contributed by atoms with Gasteiger partial charge in [0.1, 0.15) is 5.84 Å². The number of amidine groups is 1. The van der Waals surface area contributed by atoms with E-state index in [4.69, 9.17) is 0 Å². The highest BCUT2D eigenvalue weighted by molar-refractivity contribution is 7.97. The first-order valence-electron chi connectivity index (χ1n) is 4.09. The van der Waals surface area contributed by atoms with Crippen LogP contribution in [0.1, 0.15) is 5.56 Å². The fourth-order valence-electron chi connectivity index (χ4n) is 1.07. The van der Waals surface area contributed by atoms with E-state index in [9.17, 15) is 0 Å². The smallest absolute Gasteiger partial charge is 0.143 e. The van der Waals surface area contributed by atoms with E-state index >= 15 is 0 Å². The van der Waals surface area contributed by atoms with Crippen LogP contribution in [0.3, 0.4) is 0 Å². The third-order valence-electron chi connectivity index (χ3n) is 1.63. The van der Waals surface area contributed by atoms with E-state index in [2.05, 4.69) is 16.5 Å². The van der Waals surface area contributed by atoms with Gasteiger partial charge in [0, 0.05) is 25.9 Å². The van der Waals surface area contributed by atoms with Crippen molar-refractivity contribution >= 4 is 17.8 Å². The molecule has 0 saturated carbocycles. The Hall–Kier alpha value is -0.960. The summed E-state index contributed by atoms with van der Waals surface area (Å²) in [6, 6.07) is 10.2. The highest BCUT2D eigenvalue weighted by Gasteiger charge is 2.03. The van der Waals surface area contributed by atoms with Crippen molar-refractivity contribution in [2.45, 2.75) is 0 Å². The zero-order chi connectivity index (χ0) is 9.68. The first-order valence-corrected chi connectivity index (χ1v) is 5.27. The van der Waals surface area contributed by atoms with Crippen LogP contribution in [-0.2, 0) is 0 Å².